The molecule has 0 saturated carbocycles. The first-order valence-corrected chi connectivity index (χ1v) is 5.77. The van der Waals surface area contributed by atoms with Crippen LogP contribution >= 0.6 is 0 Å². The summed E-state index contributed by atoms with van der Waals surface area (Å²) >= 11 is 0. The number of hydrogen-bond donors (Lipinski definition) is 1. The molecule has 0 fully saturated rings. The van der Waals surface area contributed by atoms with Gasteiger partial charge in [-0.2, -0.15) is 0 Å². The van der Waals surface area contributed by atoms with E-state index >= 15 is 0 Å². The van der Waals surface area contributed by atoms with Gasteiger partial charge in [0.2, 0.25) is 0 Å². The van der Waals surface area contributed by atoms with Gasteiger partial charge in [0.15, 0.2) is 0 Å². The van der Waals surface area contributed by atoms with E-state index in [9.17, 15) is 0 Å². The van der Waals surface area contributed by atoms with Gasteiger partial charge >= 0.3 is 0 Å². The van der Waals surface area contributed by atoms with E-state index in [1.807, 2.05) is 48.5 Å². The van der Waals surface area contributed by atoms with Crippen LogP contribution in [0.15, 0.2) is 48.5 Å². The van der Waals surface area contributed by atoms with E-state index in [0.29, 0.717) is 6.61 Å². The SMILES string of the molecule is COc1ccc(OCc2ccc(CO)cc2)cc1. The quantitative estimate of drug-likeness (QED) is 0.879. The third-order valence-corrected chi connectivity index (χ3v) is 2.67. The minimum Gasteiger partial charge on any atom is -0.497 e. The summed E-state index contributed by atoms with van der Waals surface area (Å²) < 4.78 is 10.7. The molecule has 0 aliphatic rings. The minimum atomic E-state index is 0.0691. The highest BCUT2D eigenvalue weighted by atomic mass is 16.5. The summed E-state index contributed by atoms with van der Waals surface area (Å²) in [5, 5.41) is 8.94. The maximum atomic E-state index is 8.94. The summed E-state index contributed by atoms with van der Waals surface area (Å²) in [6.45, 7) is 0.581. The molecule has 0 aliphatic carbocycles. The molecule has 0 aliphatic heterocycles. The highest BCUT2D eigenvalue weighted by Crippen LogP contribution is 2.18. The Balaban J connectivity index is 1.93. The van der Waals surface area contributed by atoms with Gasteiger partial charge in [-0.05, 0) is 35.4 Å². The summed E-state index contributed by atoms with van der Waals surface area (Å²) in [5.74, 6) is 1.62. The molecule has 0 bridgehead atoms. The van der Waals surface area contributed by atoms with Crippen LogP contribution in [0.25, 0.3) is 0 Å². The maximum Gasteiger partial charge on any atom is 0.120 e. The normalized spacial score (nSPS) is 10.1. The lowest BCUT2D eigenvalue weighted by molar-refractivity contribution is 0.281. The molecule has 94 valence electrons. The second-order valence-corrected chi connectivity index (χ2v) is 3.94. The predicted molar refractivity (Wildman–Crippen MR) is 69.7 cm³/mol. The van der Waals surface area contributed by atoms with Crippen LogP contribution in [0.4, 0.5) is 0 Å². The van der Waals surface area contributed by atoms with Crippen molar-refractivity contribution in [1.82, 2.24) is 0 Å². The van der Waals surface area contributed by atoms with Gasteiger partial charge in [0.1, 0.15) is 18.1 Å². The number of methoxy groups -OCH3 is 1. The van der Waals surface area contributed by atoms with Crippen molar-refractivity contribution in [2.75, 3.05) is 7.11 Å². The Morgan fingerprint density at radius 3 is 1.94 bits per heavy atom. The zero-order chi connectivity index (χ0) is 12.8. The molecular weight excluding hydrogens is 228 g/mol. The molecule has 3 heteroatoms. The first-order valence-electron chi connectivity index (χ1n) is 5.77. The molecule has 0 spiro atoms. The fourth-order valence-electron chi connectivity index (χ4n) is 1.58. The molecule has 0 amide bonds. The van der Waals surface area contributed by atoms with Crippen LogP contribution in [0.5, 0.6) is 11.5 Å². The Labute approximate surface area is 107 Å². The molecule has 0 aromatic heterocycles. The Kier molecular flexibility index (Phi) is 4.20. The molecular formula is C15H16O3. The van der Waals surface area contributed by atoms with E-state index in [2.05, 4.69) is 0 Å². The van der Waals surface area contributed by atoms with E-state index in [1.165, 1.54) is 0 Å². The maximum absolute atomic E-state index is 8.94. The van der Waals surface area contributed by atoms with Crippen LogP contribution in [-0.2, 0) is 13.2 Å². The van der Waals surface area contributed by atoms with Gasteiger partial charge < -0.3 is 14.6 Å². The van der Waals surface area contributed by atoms with Crippen LogP contribution in [0.2, 0.25) is 0 Å². The third kappa shape index (κ3) is 3.25. The smallest absolute Gasteiger partial charge is 0.120 e. The molecule has 0 saturated heterocycles. The van der Waals surface area contributed by atoms with E-state index < -0.39 is 0 Å². The standard InChI is InChI=1S/C15H16O3/c1-17-14-6-8-15(9-7-14)18-11-13-4-2-12(10-16)3-5-13/h2-9,16H,10-11H2,1H3. The van der Waals surface area contributed by atoms with Crippen LogP contribution < -0.4 is 9.47 Å². The topological polar surface area (TPSA) is 38.7 Å². The van der Waals surface area contributed by atoms with Crippen molar-refractivity contribution in [3.8, 4) is 11.5 Å². The number of aliphatic hydroxyl groups excluding tert-OH is 1. The first kappa shape index (κ1) is 12.5. The van der Waals surface area contributed by atoms with Crippen molar-refractivity contribution >= 4 is 0 Å². The van der Waals surface area contributed by atoms with E-state index in [-0.39, 0.29) is 6.61 Å². The van der Waals surface area contributed by atoms with Crippen molar-refractivity contribution in [2.45, 2.75) is 13.2 Å². The molecule has 3 nitrogen and oxygen atoms in total. The van der Waals surface area contributed by atoms with Crippen LogP contribution in [-0.4, -0.2) is 12.2 Å². The molecule has 2 aromatic rings. The average Bonchev–Trinajstić information content (AvgIpc) is 2.46. The monoisotopic (exact) mass is 244 g/mol. The Hall–Kier alpha value is -2.00. The van der Waals surface area contributed by atoms with Gasteiger partial charge in [-0.15, -0.1) is 0 Å². The molecule has 0 radical (unpaired) electrons. The van der Waals surface area contributed by atoms with Crippen molar-refractivity contribution in [2.24, 2.45) is 0 Å². The van der Waals surface area contributed by atoms with Gasteiger partial charge in [0, 0.05) is 0 Å². The van der Waals surface area contributed by atoms with Crippen molar-refractivity contribution < 1.29 is 14.6 Å². The summed E-state index contributed by atoms with van der Waals surface area (Å²) in [5.41, 5.74) is 1.98. The average molecular weight is 244 g/mol. The fraction of sp³-hybridized carbons (Fsp3) is 0.200. The number of hydrogen-bond acceptors (Lipinski definition) is 3. The van der Waals surface area contributed by atoms with Crippen molar-refractivity contribution in [3.05, 3.63) is 59.7 Å². The first-order chi connectivity index (χ1) is 8.81. The zero-order valence-corrected chi connectivity index (χ0v) is 10.3. The Morgan fingerprint density at radius 2 is 1.39 bits per heavy atom. The van der Waals surface area contributed by atoms with E-state index in [4.69, 9.17) is 14.6 Å². The summed E-state index contributed by atoms with van der Waals surface area (Å²) in [7, 11) is 1.64. The Bertz CT molecular complexity index is 427. The molecule has 2 aromatic carbocycles. The number of rotatable bonds is 5. The summed E-state index contributed by atoms with van der Waals surface area (Å²) in [4.78, 5) is 0. The van der Waals surface area contributed by atoms with Crippen molar-refractivity contribution in [3.63, 3.8) is 0 Å². The lowest BCUT2D eigenvalue weighted by atomic mass is 10.1. The summed E-state index contributed by atoms with van der Waals surface area (Å²) in [6, 6.07) is 15.2. The molecule has 1 N–H and O–H groups in total. The lowest BCUT2D eigenvalue weighted by Gasteiger charge is -2.07. The second-order valence-electron chi connectivity index (χ2n) is 3.94. The number of benzene rings is 2. The highest BCUT2D eigenvalue weighted by Gasteiger charge is 1.97. The number of aliphatic hydroxyl groups is 1. The minimum absolute atomic E-state index is 0.0691. The largest absolute Gasteiger partial charge is 0.497 e. The second kappa shape index (κ2) is 6.07. The highest BCUT2D eigenvalue weighted by molar-refractivity contribution is 5.31. The van der Waals surface area contributed by atoms with Gasteiger partial charge in [0.25, 0.3) is 0 Å². The van der Waals surface area contributed by atoms with Crippen LogP contribution in [0.1, 0.15) is 11.1 Å². The van der Waals surface area contributed by atoms with Gasteiger partial charge in [0.05, 0.1) is 13.7 Å². The van der Waals surface area contributed by atoms with Crippen LogP contribution in [0, 0.1) is 0 Å². The predicted octanol–water partition coefficient (Wildman–Crippen LogP) is 2.77. The van der Waals surface area contributed by atoms with E-state index in [1.54, 1.807) is 7.11 Å². The third-order valence-electron chi connectivity index (χ3n) is 2.67. The molecule has 0 heterocycles. The van der Waals surface area contributed by atoms with Gasteiger partial charge in [-0.1, -0.05) is 24.3 Å². The van der Waals surface area contributed by atoms with Gasteiger partial charge in [-0.25, -0.2) is 0 Å². The van der Waals surface area contributed by atoms with Crippen LogP contribution in [0.3, 0.4) is 0 Å². The Morgan fingerprint density at radius 1 is 0.833 bits per heavy atom. The van der Waals surface area contributed by atoms with Gasteiger partial charge in [-0.3, -0.25) is 0 Å². The summed E-state index contributed by atoms with van der Waals surface area (Å²) in [6.07, 6.45) is 0. The fourth-order valence-corrected chi connectivity index (χ4v) is 1.58. The molecule has 2 rings (SSSR count). The van der Waals surface area contributed by atoms with E-state index in [0.717, 1.165) is 22.6 Å². The number of ether oxygens (including phenoxy) is 2. The van der Waals surface area contributed by atoms with Crippen molar-refractivity contribution in [1.29, 1.82) is 0 Å². The molecule has 0 unspecified atom stereocenters. The lowest BCUT2D eigenvalue weighted by Crippen LogP contribution is -1.95. The molecule has 0 atom stereocenters. The zero-order valence-electron chi connectivity index (χ0n) is 10.3. The molecule has 18 heavy (non-hydrogen) atoms.